The minimum absolute atomic E-state index is 0.187. The minimum Gasteiger partial charge on any atom is -0.493 e. The van der Waals surface area contributed by atoms with E-state index in [9.17, 15) is 9.50 Å². The molecule has 1 N–H and O–H groups in total. The number of hydrogen-bond acceptors (Lipinski definition) is 2. The Bertz CT molecular complexity index is 655. The number of halogens is 3. The monoisotopic (exact) mass is 356 g/mol. The summed E-state index contributed by atoms with van der Waals surface area (Å²) in [6, 6.07) is 8.02. The van der Waals surface area contributed by atoms with Gasteiger partial charge >= 0.3 is 0 Å². The molecule has 0 spiro atoms. The molecule has 20 heavy (non-hydrogen) atoms. The number of benzene rings is 2. The Morgan fingerprint density at radius 3 is 2.90 bits per heavy atom. The van der Waals surface area contributed by atoms with Gasteiger partial charge in [0.05, 0.1) is 6.61 Å². The summed E-state index contributed by atoms with van der Waals surface area (Å²) in [4.78, 5) is 0. The molecular weight excluding hydrogens is 347 g/mol. The lowest BCUT2D eigenvalue weighted by Gasteiger charge is -2.17. The number of hydrogen-bond donors (Lipinski definition) is 1. The molecule has 2 aromatic rings. The highest BCUT2D eigenvalue weighted by atomic mass is 79.9. The third kappa shape index (κ3) is 2.32. The Kier molecular flexibility index (Phi) is 3.71. The number of rotatable bonds is 2. The van der Waals surface area contributed by atoms with Crippen LogP contribution in [-0.4, -0.2) is 11.7 Å². The van der Waals surface area contributed by atoms with E-state index < -0.39 is 11.9 Å². The smallest absolute Gasteiger partial charge is 0.130 e. The third-order valence-electron chi connectivity index (χ3n) is 3.34. The highest BCUT2D eigenvalue weighted by Gasteiger charge is 2.26. The summed E-state index contributed by atoms with van der Waals surface area (Å²) in [5, 5.41) is 11.0. The van der Waals surface area contributed by atoms with Crippen molar-refractivity contribution in [1.82, 2.24) is 0 Å². The summed E-state index contributed by atoms with van der Waals surface area (Å²) in [6.07, 6.45) is -0.384. The van der Waals surface area contributed by atoms with E-state index in [1.165, 1.54) is 6.07 Å². The van der Waals surface area contributed by atoms with Crippen LogP contribution < -0.4 is 4.74 Å². The summed E-state index contributed by atoms with van der Waals surface area (Å²) in [5.41, 5.74) is 1.63. The van der Waals surface area contributed by atoms with Gasteiger partial charge in [0.1, 0.15) is 17.7 Å². The summed E-state index contributed by atoms with van der Waals surface area (Å²) in [7, 11) is 0. The standard InChI is InChI=1S/C15H11BrClFO2/c16-11-2-1-3-12(18)13(11)14(19)10-7-9(17)6-8-4-5-20-15(8)10/h1-3,6-7,14,19H,4-5H2. The zero-order valence-corrected chi connectivity index (χ0v) is 12.7. The number of fused-ring (bicyclic) bond motifs is 1. The van der Waals surface area contributed by atoms with Gasteiger partial charge in [0.2, 0.25) is 0 Å². The zero-order chi connectivity index (χ0) is 14.3. The molecule has 5 heteroatoms. The molecule has 0 bridgehead atoms. The fourth-order valence-electron chi connectivity index (χ4n) is 2.43. The van der Waals surface area contributed by atoms with Crippen molar-refractivity contribution in [3.05, 3.63) is 62.3 Å². The van der Waals surface area contributed by atoms with Gasteiger partial charge in [0.25, 0.3) is 0 Å². The molecule has 104 valence electrons. The third-order valence-corrected chi connectivity index (χ3v) is 4.25. The molecule has 0 radical (unpaired) electrons. The first-order valence-electron chi connectivity index (χ1n) is 6.15. The molecule has 0 fully saturated rings. The number of ether oxygens (including phenoxy) is 1. The van der Waals surface area contributed by atoms with Crippen molar-refractivity contribution >= 4 is 27.5 Å². The van der Waals surface area contributed by atoms with Gasteiger partial charge in [-0.15, -0.1) is 0 Å². The molecule has 0 aliphatic carbocycles. The SMILES string of the molecule is OC(c1cc(Cl)cc2c1OCC2)c1c(F)cccc1Br. The molecule has 3 rings (SSSR count). The zero-order valence-electron chi connectivity index (χ0n) is 10.4. The quantitative estimate of drug-likeness (QED) is 0.870. The molecule has 1 heterocycles. The van der Waals surface area contributed by atoms with E-state index in [0.717, 1.165) is 12.0 Å². The van der Waals surface area contributed by atoms with E-state index in [-0.39, 0.29) is 5.56 Å². The molecule has 0 amide bonds. The molecule has 2 aromatic carbocycles. The van der Waals surface area contributed by atoms with Gasteiger partial charge in [-0.25, -0.2) is 4.39 Å². The molecule has 1 unspecified atom stereocenters. The van der Waals surface area contributed by atoms with E-state index in [1.54, 1.807) is 18.2 Å². The molecule has 2 nitrogen and oxygen atoms in total. The molecule has 1 atom stereocenters. The van der Waals surface area contributed by atoms with Crippen LogP contribution in [0, 0.1) is 5.82 Å². The van der Waals surface area contributed by atoms with Gasteiger partial charge in [-0.05, 0) is 29.8 Å². The first-order chi connectivity index (χ1) is 9.58. The van der Waals surface area contributed by atoms with Gasteiger partial charge < -0.3 is 9.84 Å². The highest BCUT2D eigenvalue weighted by Crippen LogP contribution is 2.40. The minimum atomic E-state index is -1.13. The summed E-state index contributed by atoms with van der Waals surface area (Å²) >= 11 is 9.34. The first-order valence-corrected chi connectivity index (χ1v) is 7.32. The van der Waals surface area contributed by atoms with Crippen LogP contribution in [0.5, 0.6) is 5.75 Å². The van der Waals surface area contributed by atoms with Crippen molar-refractivity contribution in [2.24, 2.45) is 0 Å². The predicted molar refractivity (Wildman–Crippen MR) is 78.8 cm³/mol. The van der Waals surface area contributed by atoms with Crippen LogP contribution in [0.15, 0.2) is 34.8 Å². The lowest BCUT2D eigenvalue weighted by molar-refractivity contribution is 0.208. The maximum absolute atomic E-state index is 14.0. The molecule has 0 saturated heterocycles. The summed E-state index contributed by atoms with van der Waals surface area (Å²) < 4.78 is 20.0. The predicted octanol–water partition coefficient (Wildman–Crippen LogP) is 4.26. The Balaban J connectivity index is 2.14. The maximum Gasteiger partial charge on any atom is 0.130 e. The Morgan fingerprint density at radius 1 is 1.35 bits per heavy atom. The highest BCUT2D eigenvalue weighted by molar-refractivity contribution is 9.10. The van der Waals surface area contributed by atoms with Crippen molar-refractivity contribution in [3.63, 3.8) is 0 Å². The second-order valence-electron chi connectivity index (χ2n) is 4.62. The second-order valence-corrected chi connectivity index (χ2v) is 5.91. The van der Waals surface area contributed by atoms with Crippen molar-refractivity contribution in [3.8, 4) is 5.75 Å². The first kappa shape index (κ1) is 13.9. The van der Waals surface area contributed by atoms with E-state index in [4.69, 9.17) is 16.3 Å². The van der Waals surface area contributed by atoms with Crippen LogP contribution in [0.1, 0.15) is 22.8 Å². The van der Waals surface area contributed by atoms with Crippen LogP contribution in [0.2, 0.25) is 5.02 Å². The van der Waals surface area contributed by atoms with Gasteiger partial charge in [-0.3, -0.25) is 0 Å². The van der Waals surface area contributed by atoms with Crippen LogP contribution in [0.25, 0.3) is 0 Å². The fourth-order valence-corrected chi connectivity index (χ4v) is 3.24. The molecule has 1 aliphatic rings. The lowest BCUT2D eigenvalue weighted by Crippen LogP contribution is -2.05. The Labute approximate surface area is 129 Å². The second kappa shape index (κ2) is 5.35. The summed E-state index contributed by atoms with van der Waals surface area (Å²) in [5.74, 6) is 0.135. The van der Waals surface area contributed by atoms with Gasteiger partial charge in [0, 0.05) is 27.0 Å². The maximum atomic E-state index is 14.0. The van der Waals surface area contributed by atoms with Crippen LogP contribution in [0.3, 0.4) is 0 Å². The van der Waals surface area contributed by atoms with E-state index in [2.05, 4.69) is 15.9 Å². The molecular formula is C15H11BrClFO2. The molecule has 0 aromatic heterocycles. The molecule has 0 saturated carbocycles. The average molecular weight is 358 g/mol. The van der Waals surface area contributed by atoms with Gasteiger partial charge in [0.15, 0.2) is 0 Å². The molecule has 1 aliphatic heterocycles. The Morgan fingerprint density at radius 2 is 2.15 bits per heavy atom. The van der Waals surface area contributed by atoms with Gasteiger partial charge in [-0.2, -0.15) is 0 Å². The van der Waals surface area contributed by atoms with Crippen LogP contribution in [-0.2, 0) is 6.42 Å². The summed E-state index contributed by atoms with van der Waals surface area (Å²) in [6.45, 7) is 0.549. The van der Waals surface area contributed by atoms with E-state index in [0.29, 0.717) is 27.4 Å². The fraction of sp³-hybridized carbons (Fsp3) is 0.200. The van der Waals surface area contributed by atoms with Crippen LogP contribution in [0.4, 0.5) is 4.39 Å². The van der Waals surface area contributed by atoms with E-state index >= 15 is 0 Å². The normalized spacial score (nSPS) is 14.8. The van der Waals surface area contributed by atoms with E-state index in [1.807, 2.05) is 6.07 Å². The van der Waals surface area contributed by atoms with Gasteiger partial charge in [-0.1, -0.05) is 33.6 Å². The lowest BCUT2D eigenvalue weighted by atomic mass is 9.98. The number of aliphatic hydroxyl groups is 1. The Hall–Kier alpha value is -1.10. The van der Waals surface area contributed by atoms with Crippen molar-refractivity contribution in [1.29, 1.82) is 0 Å². The number of aliphatic hydroxyl groups excluding tert-OH is 1. The van der Waals surface area contributed by atoms with Crippen molar-refractivity contribution < 1.29 is 14.2 Å². The largest absolute Gasteiger partial charge is 0.493 e. The topological polar surface area (TPSA) is 29.5 Å². The van der Waals surface area contributed by atoms with Crippen molar-refractivity contribution in [2.45, 2.75) is 12.5 Å². The average Bonchev–Trinajstić information content (AvgIpc) is 2.85. The van der Waals surface area contributed by atoms with Crippen LogP contribution >= 0.6 is 27.5 Å². The van der Waals surface area contributed by atoms with Crippen molar-refractivity contribution in [2.75, 3.05) is 6.61 Å².